The highest BCUT2D eigenvalue weighted by atomic mass is 16.6. The van der Waals surface area contributed by atoms with Gasteiger partial charge >= 0.3 is 17.9 Å². The Labute approximate surface area is 382 Å². The molecule has 0 saturated heterocycles. The van der Waals surface area contributed by atoms with E-state index in [2.05, 4.69) is 75.5 Å². The van der Waals surface area contributed by atoms with Gasteiger partial charge in [-0.15, -0.1) is 0 Å². The third-order valence-corrected chi connectivity index (χ3v) is 11.0. The number of hydrogen-bond acceptors (Lipinski definition) is 6. The van der Waals surface area contributed by atoms with Gasteiger partial charge < -0.3 is 14.2 Å². The normalized spacial score (nSPS) is 12.6. The van der Waals surface area contributed by atoms with Gasteiger partial charge in [-0.05, 0) is 89.9 Å². The van der Waals surface area contributed by atoms with Crippen LogP contribution in [0.1, 0.15) is 245 Å². The topological polar surface area (TPSA) is 78.9 Å². The lowest BCUT2D eigenvalue weighted by Gasteiger charge is -2.18. The Kier molecular flexibility index (Phi) is 47.9. The molecule has 1 unspecified atom stereocenters. The molecule has 0 amide bonds. The number of carbonyl (C=O) groups is 3. The molecule has 6 nitrogen and oxygen atoms in total. The number of esters is 3. The van der Waals surface area contributed by atoms with E-state index >= 15 is 0 Å². The highest BCUT2D eigenvalue weighted by molar-refractivity contribution is 5.71. The van der Waals surface area contributed by atoms with E-state index in [0.717, 1.165) is 96.3 Å². The first kappa shape index (κ1) is 58.9. The molecule has 0 aliphatic rings. The summed E-state index contributed by atoms with van der Waals surface area (Å²) in [6.45, 7) is 6.45. The summed E-state index contributed by atoms with van der Waals surface area (Å²) < 4.78 is 16.8. The van der Waals surface area contributed by atoms with Crippen LogP contribution in [-0.4, -0.2) is 37.2 Å². The van der Waals surface area contributed by atoms with Crippen LogP contribution in [0.5, 0.6) is 0 Å². The van der Waals surface area contributed by atoms with Crippen LogP contribution in [0.2, 0.25) is 0 Å². The molecule has 356 valence electrons. The lowest BCUT2D eigenvalue weighted by molar-refractivity contribution is -0.167. The van der Waals surface area contributed by atoms with Crippen molar-refractivity contribution in [2.45, 2.75) is 252 Å². The fraction of sp³-hybridized carbons (Fsp3) is 0.732. The molecular weight excluding hydrogens is 769 g/mol. The van der Waals surface area contributed by atoms with Crippen molar-refractivity contribution >= 4 is 17.9 Å². The summed E-state index contributed by atoms with van der Waals surface area (Å²) in [7, 11) is 0. The van der Waals surface area contributed by atoms with Gasteiger partial charge in [0.1, 0.15) is 13.2 Å². The molecule has 0 N–H and O–H groups in total. The van der Waals surface area contributed by atoms with E-state index in [1.807, 2.05) is 18.2 Å². The fourth-order valence-corrected chi connectivity index (χ4v) is 7.09. The van der Waals surface area contributed by atoms with Gasteiger partial charge in [-0.3, -0.25) is 14.4 Å². The standard InChI is InChI=1S/C56H96O6/c1-4-7-10-13-16-19-22-25-28-31-34-37-40-43-46-49-55(58)61-52-53(51-60-54(57)48-45-42-39-36-33-30-27-24-21-18-15-12-9-6-3)62-56(59)50-47-44-41-38-35-32-29-26-23-20-17-14-11-8-5-2/h7,10,13,16,19-20,22-23,25,28,30,33,53H,4-6,8-9,11-12,14-15,17-18,21,24,26-27,29,31-32,34-52H2,1-3H3/b10-7-,16-13-,22-19-,23-20-,28-25-,33-30-. The molecule has 0 aliphatic carbocycles. The number of ether oxygens (including phenoxy) is 3. The van der Waals surface area contributed by atoms with Crippen LogP contribution in [-0.2, 0) is 28.6 Å². The Morgan fingerprint density at radius 3 is 1.06 bits per heavy atom. The van der Waals surface area contributed by atoms with Crippen molar-refractivity contribution in [2.75, 3.05) is 13.2 Å². The zero-order chi connectivity index (χ0) is 45.1. The minimum atomic E-state index is -0.793. The molecule has 0 fully saturated rings. The monoisotopic (exact) mass is 865 g/mol. The molecule has 0 aliphatic heterocycles. The van der Waals surface area contributed by atoms with Crippen molar-refractivity contribution in [3.63, 3.8) is 0 Å². The predicted octanol–water partition coefficient (Wildman–Crippen LogP) is 17.0. The number of rotatable bonds is 46. The largest absolute Gasteiger partial charge is 0.462 e. The van der Waals surface area contributed by atoms with E-state index in [0.29, 0.717) is 19.3 Å². The fourth-order valence-electron chi connectivity index (χ4n) is 7.09. The lowest BCUT2D eigenvalue weighted by Crippen LogP contribution is -2.30. The first-order chi connectivity index (χ1) is 30.5. The summed E-state index contributed by atoms with van der Waals surface area (Å²) in [5.74, 6) is -0.933. The van der Waals surface area contributed by atoms with Gasteiger partial charge in [0.25, 0.3) is 0 Å². The Balaban J connectivity index is 4.45. The lowest BCUT2D eigenvalue weighted by atomic mass is 10.1. The summed E-state index contributed by atoms with van der Waals surface area (Å²) in [5.41, 5.74) is 0. The third-order valence-electron chi connectivity index (χ3n) is 11.0. The zero-order valence-electron chi connectivity index (χ0n) is 40.6. The zero-order valence-corrected chi connectivity index (χ0v) is 40.6. The van der Waals surface area contributed by atoms with Crippen molar-refractivity contribution < 1.29 is 28.6 Å². The third kappa shape index (κ3) is 47.9. The number of hydrogen-bond donors (Lipinski definition) is 0. The summed E-state index contributed by atoms with van der Waals surface area (Å²) >= 11 is 0. The molecule has 0 spiro atoms. The van der Waals surface area contributed by atoms with Crippen LogP contribution in [0.4, 0.5) is 0 Å². The molecular formula is C56H96O6. The van der Waals surface area contributed by atoms with Gasteiger partial charge in [-0.2, -0.15) is 0 Å². The molecule has 62 heavy (non-hydrogen) atoms. The average molecular weight is 865 g/mol. The maximum absolute atomic E-state index is 12.8. The van der Waals surface area contributed by atoms with Crippen molar-refractivity contribution in [2.24, 2.45) is 0 Å². The van der Waals surface area contributed by atoms with E-state index in [-0.39, 0.29) is 31.1 Å². The molecule has 0 heterocycles. The Morgan fingerprint density at radius 1 is 0.339 bits per heavy atom. The first-order valence-electron chi connectivity index (χ1n) is 26.0. The van der Waals surface area contributed by atoms with Crippen LogP contribution in [0.3, 0.4) is 0 Å². The summed E-state index contributed by atoms with van der Waals surface area (Å²) in [4.78, 5) is 38.0. The van der Waals surface area contributed by atoms with Crippen molar-refractivity contribution in [3.8, 4) is 0 Å². The summed E-state index contributed by atoms with van der Waals surface area (Å²) in [5, 5.41) is 0. The maximum atomic E-state index is 12.8. The van der Waals surface area contributed by atoms with E-state index in [9.17, 15) is 14.4 Å². The number of unbranched alkanes of at least 4 members (excludes halogenated alkanes) is 26. The van der Waals surface area contributed by atoms with Crippen LogP contribution in [0, 0.1) is 0 Å². The molecule has 0 bridgehead atoms. The van der Waals surface area contributed by atoms with Gasteiger partial charge in [0.05, 0.1) is 0 Å². The summed E-state index contributed by atoms with van der Waals surface area (Å²) in [6.07, 6.45) is 63.1. The molecule has 0 aromatic heterocycles. The minimum Gasteiger partial charge on any atom is -0.462 e. The van der Waals surface area contributed by atoms with Gasteiger partial charge in [0.2, 0.25) is 0 Å². The van der Waals surface area contributed by atoms with Crippen molar-refractivity contribution in [1.82, 2.24) is 0 Å². The van der Waals surface area contributed by atoms with Gasteiger partial charge in [-0.25, -0.2) is 0 Å². The molecule has 0 saturated carbocycles. The van der Waals surface area contributed by atoms with E-state index in [1.165, 1.54) is 109 Å². The average Bonchev–Trinajstić information content (AvgIpc) is 3.27. The molecule has 0 radical (unpaired) electrons. The smallest absolute Gasteiger partial charge is 0.306 e. The second-order valence-electron chi connectivity index (χ2n) is 17.1. The van der Waals surface area contributed by atoms with Gasteiger partial charge in [0, 0.05) is 19.3 Å². The SMILES string of the molecule is CC\C=C/C=C\C=C/C=C\CCCCCCCC(=O)OCC(COC(=O)CCCCC/C=C\CCCCCCCCC)OC(=O)CCCCCCCCC/C=C\CCCCCC. The van der Waals surface area contributed by atoms with Crippen LogP contribution in [0.15, 0.2) is 72.9 Å². The van der Waals surface area contributed by atoms with Crippen molar-refractivity contribution in [3.05, 3.63) is 72.9 Å². The number of allylic oxidation sites excluding steroid dienone is 12. The van der Waals surface area contributed by atoms with E-state index in [1.54, 1.807) is 0 Å². The molecule has 0 rings (SSSR count). The molecule has 0 aromatic carbocycles. The Hall–Kier alpha value is -3.15. The molecule has 6 heteroatoms. The van der Waals surface area contributed by atoms with Crippen LogP contribution < -0.4 is 0 Å². The number of carbonyl (C=O) groups excluding carboxylic acids is 3. The minimum absolute atomic E-state index is 0.0928. The predicted molar refractivity (Wildman–Crippen MR) is 265 cm³/mol. The highest BCUT2D eigenvalue weighted by Gasteiger charge is 2.19. The van der Waals surface area contributed by atoms with E-state index in [4.69, 9.17) is 14.2 Å². The van der Waals surface area contributed by atoms with Gasteiger partial charge in [-0.1, -0.05) is 209 Å². The van der Waals surface area contributed by atoms with E-state index < -0.39 is 6.10 Å². The van der Waals surface area contributed by atoms with Crippen LogP contribution in [0.25, 0.3) is 0 Å². The van der Waals surface area contributed by atoms with Gasteiger partial charge in [0.15, 0.2) is 6.10 Å². The second-order valence-corrected chi connectivity index (χ2v) is 17.1. The van der Waals surface area contributed by atoms with Crippen LogP contribution >= 0.6 is 0 Å². The van der Waals surface area contributed by atoms with Crippen molar-refractivity contribution in [1.29, 1.82) is 0 Å². The quantitative estimate of drug-likeness (QED) is 0.0199. The second kappa shape index (κ2) is 50.5. The first-order valence-corrected chi connectivity index (χ1v) is 26.0. The molecule has 0 aromatic rings. The maximum Gasteiger partial charge on any atom is 0.306 e. The highest BCUT2D eigenvalue weighted by Crippen LogP contribution is 2.14. The Morgan fingerprint density at radius 2 is 0.645 bits per heavy atom. The molecule has 1 atom stereocenters. The Bertz CT molecular complexity index is 1180. The summed E-state index contributed by atoms with van der Waals surface area (Å²) in [6, 6.07) is 0.